The van der Waals surface area contributed by atoms with Crippen LogP contribution in [0.15, 0.2) is 30.3 Å². The maximum Gasteiger partial charge on any atom is 0.140 e. The molecule has 1 saturated carbocycles. The van der Waals surface area contributed by atoms with Crippen LogP contribution in [0.3, 0.4) is 0 Å². The van der Waals surface area contributed by atoms with Crippen LogP contribution in [0.2, 0.25) is 0 Å². The normalized spacial score (nSPS) is 22.4. The van der Waals surface area contributed by atoms with Crippen molar-refractivity contribution in [2.45, 2.75) is 72.6 Å². The molecule has 0 N–H and O–H groups in total. The van der Waals surface area contributed by atoms with Gasteiger partial charge in [-0.1, -0.05) is 77.3 Å². The van der Waals surface area contributed by atoms with Crippen molar-refractivity contribution in [3.8, 4) is 0 Å². The van der Waals surface area contributed by atoms with Gasteiger partial charge in [0.1, 0.15) is 11.6 Å². The molecule has 1 aromatic carbocycles. The van der Waals surface area contributed by atoms with Gasteiger partial charge in [-0.05, 0) is 30.2 Å². The van der Waals surface area contributed by atoms with Crippen LogP contribution in [0.4, 0.5) is 0 Å². The quantitative estimate of drug-likeness (QED) is 0.643. The number of Topliss-reactive ketones (excluding diaryl/α,β-unsaturated/α-hetero) is 2. The van der Waals surface area contributed by atoms with E-state index in [1.54, 1.807) is 0 Å². The topological polar surface area (TPSA) is 34.1 Å². The Morgan fingerprint density at radius 3 is 2.36 bits per heavy atom. The van der Waals surface area contributed by atoms with Crippen LogP contribution in [0.25, 0.3) is 0 Å². The molecule has 2 rings (SSSR count). The summed E-state index contributed by atoms with van der Waals surface area (Å²) in [4.78, 5) is 24.8. The molecule has 0 aliphatic heterocycles. The zero-order valence-corrected chi connectivity index (χ0v) is 16.4. The summed E-state index contributed by atoms with van der Waals surface area (Å²) in [6.07, 6.45) is 6.93. The first-order valence-electron chi connectivity index (χ1n) is 9.85. The molecule has 1 fully saturated rings. The molecule has 138 valence electrons. The summed E-state index contributed by atoms with van der Waals surface area (Å²) in [6, 6.07) is 10.0. The van der Waals surface area contributed by atoms with Gasteiger partial charge in [0.15, 0.2) is 0 Å². The molecule has 0 amide bonds. The Morgan fingerprint density at radius 2 is 1.72 bits per heavy atom. The Balaban J connectivity index is 1.83. The van der Waals surface area contributed by atoms with Crippen LogP contribution in [0, 0.1) is 23.2 Å². The molecule has 1 aliphatic carbocycles. The van der Waals surface area contributed by atoms with Crippen molar-refractivity contribution in [2.75, 3.05) is 0 Å². The van der Waals surface area contributed by atoms with Crippen LogP contribution < -0.4 is 0 Å². The Labute approximate surface area is 153 Å². The predicted octanol–water partition coefficient (Wildman–Crippen LogP) is 5.64. The van der Waals surface area contributed by atoms with E-state index in [0.29, 0.717) is 36.2 Å². The average Bonchev–Trinajstić information content (AvgIpc) is 2.55. The fourth-order valence-corrected chi connectivity index (χ4v) is 3.97. The standard InChI is InChI=1S/C23H34O2/c1-17(21(24)15-18-9-6-5-7-10-18)13-19-11-8-12-20(14-19)16-22(25)23(2,3)4/h5-7,9-10,17,19-20H,8,11-16H2,1-4H3. The second-order valence-electron chi connectivity index (χ2n) is 9.04. The maximum absolute atomic E-state index is 12.5. The molecule has 2 heteroatoms. The highest BCUT2D eigenvalue weighted by atomic mass is 16.1. The molecule has 3 unspecified atom stereocenters. The van der Waals surface area contributed by atoms with Crippen LogP contribution in [-0.4, -0.2) is 11.6 Å². The van der Waals surface area contributed by atoms with Gasteiger partial charge in [0.05, 0.1) is 0 Å². The second kappa shape index (κ2) is 8.78. The summed E-state index contributed by atoms with van der Waals surface area (Å²) in [6.45, 7) is 8.12. The van der Waals surface area contributed by atoms with Gasteiger partial charge in [0.2, 0.25) is 0 Å². The van der Waals surface area contributed by atoms with Gasteiger partial charge in [-0.3, -0.25) is 9.59 Å². The lowest BCUT2D eigenvalue weighted by Crippen LogP contribution is -2.27. The molecular formula is C23H34O2. The summed E-state index contributed by atoms with van der Waals surface area (Å²) in [5, 5.41) is 0. The van der Waals surface area contributed by atoms with Gasteiger partial charge in [0, 0.05) is 24.2 Å². The third-order valence-corrected chi connectivity index (χ3v) is 5.66. The highest BCUT2D eigenvalue weighted by Gasteiger charge is 2.29. The molecule has 0 bridgehead atoms. The zero-order chi connectivity index (χ0) is 18.4. The Morgan fingerprint density at radius 1 is 1.08 bits per heavy atom. The lowest BCUT2D eigenvalue weighted by molar-refractivity contribution is -0.128. The summed E-state index contributed by atoms with van der Waals surface area (Å²) in [5.41, 5.74) is 0.878. The number of benzene rings is 1. The molecule has 3 atom stereocenters. The smallest absolute Gasteiger partial charge is 0.140 e. The van der Waals surface area contributed by atoms with Crippen molar-refractivity contribution >= 4 is 11.6 Å². The van der Waals surface area contributed by atoms with E-state index < -0.39 is 0 Å². The average molecular weight is 343 g/mol. The van der Waals surface area contributed by atoms with Crippen molar-refractivity contribution in [1.29, 1.82) is 0 Å². The van der Waals surface area contributed by atoms with Gasteiger partial charge in [-0.15, -0.1) is 0 Å². The van der Waals surface area contributed by atoms with Crippen molar-refractivity contribution in [1.82, 2.24) is 0 Å². The molecule has 2 nitrogen and oxygen atoms in total. The first-order chi connectivity index (χ1) is 11.8. The minimum atomic E-state index is -0.230. The largest absolute Gasteiger partial charge is 0.299 e. The summed E-state index contributed by atoms with van der Waals surface area (Å²) >= 11 is 0. The molecular weight excluding hydrogens is 308 g/mol. The summed E-state index contributed by atoms with van der Waals surface area (Å²) in [5.74, 6) is 1.95. The third kappa shape index (κ3) is 6.41. The van der Waals surface area contributed by atoms with Gasteiger partial charge in [-0.2, -0.15) is 0 Å². The second-order valence-corrected chi connectivity index (χ2v) is 9.04. The minimum Gasteiger partial charge on any atom is -0.299 e. The Hall–Kier alpha value is -1.44. The molecule has 0 saturated heterocycles. The van der Waals surface area contributed by atoms with E-state index in [9.17, 15) is 9.59 Å². The minimum absolute atomic E-state index is 0.113. The molecule has 1 aliphatic rings. The lowest BCUT2D eigenvalue weighted by Gasteiger charge is -2.31. The number of carbonyl (C=O) groups excluding carboxylic acids is 2. The Bertz CT molecular complexity index is 568. The molecule has 0 heterocycles. The van der Waals surface area contributed by atoms with Gasteiger partial charge in [-0.25, -0.2) is 0 Å². The molecule has 25 heavy (non-hydrogen) atoms. The van der Waals surface area contributed by atoms with Gasteiger partial charge >= 0.3 is 0 Å². The Kier molecular flexibility index (Phi) is 6.98. The first kappa shape index (κ1) is 19.9. The van der Waals surface area contributed by atoms with Crippen molar-refractivity contribution in [3.63, 3.8) is 0 Å². The van der Waals surface area contributed by atoms with E-state index in [1.807, 2.05) is 51.1 Å². The fraction of sp³-hybridized carbons (Fsp3) is 0.652. The fourth-order valence-electron chi connectivity index (χ4n) is 3.97. The van der Waals surface area contributed by atoms with Crippen LogP contribution >= 0.6 is 0 Å². The number of hydrogen-bond acceptors (Lipinski definition) is 2. The number of hydrogen-bond donors (Lipinski definition) is 0. The zero-order valence-electron chi connectivity index (χ0n) is 16.4. The SMILES string of the molecule is CC(CC1CCCC(CC(=O)C(C)(C)C)C1)C(=O)Cc1ccccc1. The van der Waals surface area contributed by atoms with E-state index in [2.05, 4.69) is 6.92 Å². The van der Waals surface area contributed by atoms with Crippen LogP contribution in [0.5, 0.6) is 0 Å². The maximum atomic E-state index is 12.5. The summed E-state index contributed by atoms with van der Waals surface area (Å²) in [7, 11) is 0. The predicted molar refractivity (Wildman–Crippen MR) is 103 cm³/mol. The van der Waals surface area contributed by atoms with E-state index in [0.717, 1.165) is 18.4 Å². The van der Waals surface area contributed by atoms with Gasteiger partial charge < -0.3 is 0 Å². The highest BCUT2D eigenvalue weighted by molar-refractivity contribution is 5.84. The van der Waals surface area contributed by atoms with E-state index in [4.69, 9.17) is 0 Å². The molecule has 0 spiro atoms. The third-order valence-electron chi connectivity index (χ3n) is 5.66. The highest BCUT2D eigenvalue weighted by Crippen LogP contribution is 2.36. The van der Waals surface area contributed by atoms with E-state index >= 15 is 0 Å². The number of carbonyl (C=O) groups is 2. The van der Waals surface area contributed by atoms with Crippen molar-refractivity contribution < 1.29 is 9.59 Å². The first-order valence-corrected chi connectivity index (χ1v) is 9.85. The number of rotatable bonds is 7. The van der Waals surface area contributed by atoms with Crippen LogP contribution in [-0.2, 0) is 16.0 Å². The molecule has 1 aromatic rings. The van der Waals surface area contributed by atoms with Crippen molar-refractivity contribution in [2.24, 2.45) is 23.2 Å². The molecule has 0 aromatic heterocycles. The van der Waals surface area contributed by atoms with E-state index in [-0.39, 0.29) is 11.3 Å². The van der Waals surface area contributed by atoms with E-state index in [1.165, 1.54) is 19.3 Å². The monoisotopic (exact) mass is 342 g/mol. The van der Waals surface area contributed by atoms with Crippen LogP contribution in [0.1, 0.15) is 71.8 Å². The summed E-state index contributed by atoms with van der Waals surface area (Å²) < 4.78 is 0. The lowest BCUT2D eigenvalue weighted by atomic mass is 9.73. The number of ketones is 2. The molecule has 0 radical (unpaired) electrons. The van der Waals surface area contributed by atoms with Crippen molar-refractivity contribution in [3.05, 3.63) is 35.9 Å². The van der Waals surface area contributed by atoms with Gasteiger partial charge in [0.25, 0.3) is 0 Å².